The maximum Gasteiger partial charge on any atom is -0.0195 e. The molecule has 1 unspecified atom stereocenters. The molecule has 0 heterocycles. The fourth-order valence-electron chi connectivity index (χ4n) is 3.17. The van der Waals surface area contributed by atoms with E-state index < -0.39 is 0 Å². The first-order valence-electron chi connectivity index (χ1n) is 9.56. The van der Waals surface area contributed by atoms with Gasteiger partial charge in [-0.1, -0.05) is 98.9 Å². The molecule has 0 aliphatic carbocycles. The zero-order chi connectivity index (χ0) is 18.9. The second-order valence-electron chi connectivity index (χ2n) is 6.95. The zero-order valence-electron chi connectivity index (χ0n) is 16.3. The van der Waals surface area contributed by atoms with E-state index in [0.717, 1.165) is 0 Å². The standard InChI is InChI=1S/C24H29P3/c1-25(2)18-19-26(22-12-6-3-7-13-22)20-21-27(23-14-8-4-9-15-23)24-16-10-5-11-17-24/h3-17H,18-21H2,1-2H3. The summed E-state index contributed by atoms with van der Waals surface area (Å²) >= 11 is 0. The summed E-state index contributed by atoms with van der Waals surface area (Å²) in [4.78, 5) is 0. The number of hydrogen-bond acceptors (Lipinski definition) is 0. The molecular formula is C24H29P3. The molecular weight excluding hydrogens is 381 g/mol. The number of rotatable bonds is 9. The molecule has 0 saturated heterocycles. The van der Waals surface area contributed by atoms with Gasteiger partial charge in [-0.2, -0.15) is 0 Å². The minimum absolute atomic E-state index is 0.0691. The second kappa shape index (κ2) is 11.1. The van der Waals surface area contributed by atoms with E-state index in [-0.39, 0.29) is 23.8 Å². The van der Waals surface area contributed by atoms with Crippen LogP contribution in [0.3, 0.4) is 0 Å². The molecule has 140 valence electrons. The van der Waals surface area contributed by atoms with Gasteiger partial charge in [-0.25, -0.2) is 0 Å². The van der Waals surface area contributed by atoms with Crippen molar-refractivity contribution >= 4 is 39.7 Å². The van der Waals surface area contributed by atoms with Gasteiger partial charge in [0.15, 0.2) is 0 Å². The summed E-state index contributed by atoms with van der Waals surface area (Å²) in [5.41, 5.74) is 0. The first-order chi connectivity index (χ1) is 13.2. The molecule has 1 atom stereocenters. The molecule has 3 rings (SSSR count). The predicted molar refractivity (Wildman–Crippen MR) is 130 cm³/mol. The molecule has 0 aliphatic rings. The van der Waals surface area contributed by atoms with Gasteiger partial charge >= 0.3 is 0 Å². The molecule has 0 nitrogen and oxygen atoms in total. The average Bonchev–Trinajstić information content (AvgIpc) is 2.72. The maximum atomic E-state index is 2.41. The highest BCUT2D eigenvalue weighted by atomic mass is 31.1. The Labute approximate surface area is 168 Å². The van der Waals surface area contributed by atoms with Crippen molar-refractivity contribution in [2.75, 3.05) is 38.0 Å². The van der Waals surface area contributed by atoms with Gasteiger partial charge in [0.25, 0.3) is 0 Å². The molecule has 0 aromatic heterocycles. The number of benzene rings is 3. The van der Waals surface area contributed by atoms with Gasteiger partial charge in [0.2, 0.25) is 0 Å². The van der Waals surface area contributed by atoms with Crippen molar-refractivity contribution in [1.82, 2.24) is 0 Å². The molecule has 0 bridgehead atoms. The normalized spacial score (nSPS) is 12.4. The SMILES string of the molecule is CP(C)CCP(CCP(c1ccccc1)c1ccccc1)c1ccccc1. The molecule has 0 amide bonds. The monoisotopic (exact) mass is 410 g/mol. The third kappa shape index (κ3) is 6.50. The lowest BCUT2D eigenvalue weighted by Gasteiger charge is -2.24. The smallest absolute Gasteiger partial charge is 0.0195 e. The summed E-state index contributed by atoms with van der Waals surface area (Å²) < 4.78 is 0. The van der Waals surface area contributed by atoms with Gasteiger partial charge in [0.1, 0.15) is 0 Å². The Kier molecular flexibility index (Phi) is 8.48. The largest absolute Gasteiger partial charge is 0.113 e. The summed E-state index contributed by atoms with van der Waals surface area (Å²) in [6, 6.07) is 33.6. The molecule has 0 radical (unpaired) electrons. The third-order valence-electron chi connectivity index (χ3n) is 4.67. The van der Waals surface area contributed by atoms with E-state index in [9.17, 15) is 0 Å². The Bertz CT molecular complexity index is 733. The Morgan fingerprint density at radius 3 is 1.33 bits per heavy atom. The topological polar surface area (TPSA) is 0 Å². The van der Waals surface area contributed by atoms with Gasteiger partial charge in [-0.3, -0.25) is 0 Å². The van der Waals surface area contributed by atoms with Crippen LogP contribution in [0, 0.1) is 0 Å². The molecule has 0 aliphatic heterocycles. The van der Waals surface area contributed by atoms with Gasteiger partial charge in [-0.05, 0) is 61.8 Å². The van der Waals surface area contributed by atoms with E-state index in [1.165, 1.54) is 35.3 Å². The van der Waals surface area contributed by atoms with Crippen molar-refractivity contribution < 1.29 is 0 Å². The zero-order valence-corrected chi connectivity index (χ0v) is 19.0. The first kappa shape index (κ1) is 20.7. The van der Waals surface area contributed by atoms with E-state index in [2.05, 4.69) is 104 Å². The predicted octanol–water partition coefficient (Wildman–Crippen LogP) is 5.67. The van der Waals surface area contributed by atoms with Crippen LogP contribution in [0.2, 0.25) is 0 Å². The van der Waals surface area contributed by atoms with E-state index in [1.807, 2.05) is 0 Å². The molecule has 0 N–H and O–H groups in total. The first-order valence-corrected chi connectivity index (χ1v) is 15.2. The van der Waals surface area contributed by atoms with Crippen LogP contribution >= 0.6 is 23.8 Å². The fraction of sp³-hybridized carbons (Fsp3) is 0.250. The van der Waals surface area contributed by atoms with Crippen LogP contribution < -0.4 is 15.9 Å². The van der Waals surface area contributed by atoms with Gasteiger partial charge < -0.3 is 0 Å². The van der Waals surface area contributed by atoms with E-state index in [0.29, 0.717) is 0 Å². The summed E-state index contributed by atoms with van der Waals surface area (Å²) in [6.45, 7) is 4.82. The average molecular weight is 410 g/mol. The van der Waals surface area contributed by atoms with Crippen LogP contribution in [0.25, 0.3) is 0 Å². The molecule has 0 spiro atoms. The number of hydrogen-bond donors (Lipinski definition) is 0. The highest BCUT2D eigenvalue weighted by Crippen LogP contribution is 2.43. The van der Waals surface area contributed by atoms with Crippen molar-refractivity contribution in [3.05, 3.63) is 91.0 Å². The lowest BCUT2D eigenvalue weighted by molar-refractivity contribution is 1.42. The lowest BCUT2D eigenvalue weighted by atomic mass is 10.4. The van der Waals surface area contributed by atoms with Gasteiger partial charge in [0, 0.05) is 0 Å². The van der Waals surface area contributed by atoms with Crippen LogP contribution in [-0.4, -0.2) is 38.0 Å². The lowest BCUT2D eigenvalue weighted by Crippen LogP contribution is -2.17. The van der Waals surface area contributed by atoms with Crippen molar-refractivity contribution in [3.63, 3.8) is 0 Å². The minimum Gasteiger partial charge on any atom is -0.113 e. The highest BCUT2D eigenvalue weighted by molar-refractivity contribution is 7.74. The van der Waals surface area contributed by atoms with Crippen LogP contribution in [0.4, 0.5) is 0 Å². The van der Waals surface area contributed by atoms with Crippen LogP contribution in [-0.2, 0) is 0 Å². The van der Waals surface area contributed by atoms with E-state index in [4.69, 9.17) is 0 Å². The molecule has 3 aromatic rings. The summed E-state index contributed by atoms with van der Waals surface area (Å²) in [5, 5.41) is 4.60. The minimum atomic E-state index is -0.278. The molecule has 0 fully saturated rings. The van der Waals surface area contributed by atoms with Crippen molar-refractivity contribution in [2.45, 2.75) is 0 Å². The summed E-state index contributed by atoms with van der Waals surface area (Å²) in [5.74, 6) is 0. The maximum absolute atomic E-state index is 2.41. The molecule has 0 saturated carbocycles. The van der Waals surface area contributed by atoms with Gasteiger partial charge in [-0.15, -0.1) is 7.92 Å². The van der Waals surface area contributed by atoms with Crippen molar-refractivity contribution in [1.29, 1.82) is 0 Å². The Morgan fingerprint density at radius 2 is 0.889 bits per heavy atom. The van der Waals surface area contributed by atoms with Crippen molar-refractivity contribution in [2.24, 2.45) is 0 Å². The second-order valence-corrected chi connectivity index (χ2v) is 14.4. The van der Waals surface area contributed by atoms with E-state index in [1.54, 1.807) is 5.30 Å². The Hall–Kier alpha value is -1.05. The molecule has 3 aromatic carbocycles. The third-order valence-corrected chi connectivity index (χ3v) is 11.6. The molecule has 27 heavy (non-hydrogen) atoms. The Morgan fingerprint density at radius 1 is 0.481 bits per heavy atom. The Balaban J connectivity index is 1.79. The van der Waals surface area contributed by atoms with Crippen LogP contribution in [0.1, 0.15) is 0 Å². The van der Waals surface area contributed by atoms with Gasteiger partial charge in [0.05, 0.1) is 0 Å². The van der Waals surface area contributed by atoms with Crippen LogP contribution in [0.15, 0.2) is 91.0 Å². The van der Waals surface area contributed by atoms with Crippen LogP contribution in [0.5, 0.6) is 0 Å². The summed E-state index contributed by atoms with van der Waals surface area (Å²) in [7, 11) is -0.163. The molecule has 3 heteroatoms. The fourth-order valence-corrected chi connectivity index (χ4v) is 10.7. The summed E-state index contributed by atoms with van der Waals surface area (Å²) in [6.07, 6.45) is 5.39. The van der Waals surface area contributed by atoms with E-state index >= 15 is 0 Å². The van der Waals surface area contributed by atoms with Crippen molar-refractivity contribution in [3.8, 4) is 0 Å². The quantitative estimate of drug-likeness (QED) is 0.399. The highest BCUT2D eigenvalue weighted by Gasteiger charge is 2.18.